The van der Waals surface area contributed by atoms with Gasteiger partial charge < -0.3 is 4.42 Å². The highest BCUT2D eigenvalue weighted by atomic mass is 16.3. The van der Waals surface area contributed by atoms with Crippen molar-refractivity contribution < 1.29 is 9.21 Å². The standard InChI is InChI=1S/C21H17N5O2/c1-13-16-9-14(4-7-18(16)24-11-23-13)17-10-22-21(26(12-27)15-5-6-15)25-20(17)19-3-2-8-28-19/h2-4,7-12,15H,5-6H2,1H3. The van der Waals surface area contributed by atoms with Gasteiger partial charge in [-0.2, -0.15) is 0 Å². The summed E-state index contributed by atoms with van der Waals surface area (Å²) in [7, 11) is 0. The number of benzene rings is 1. The molecule has 5 rings (SSSR count). The van der Waals surface area contributed by atoms with Crippen LogP contribution in [0.5, 0.6) is 0 Å². The Morgan fingerprint density at radius 1 is 1.18 bits per heavy atom. The average molecular weight is 371 g/mol. The number of hydrogen-bond donors (Lipinski definition) is 0. The molecule has 0 radical (unpaired) electrons. The van der Waals surface area contributed by atoms with Gasteiger partial charge in [-0.15, -0.1) is 0 Å². The maximum absolute atomic E-state index is 11.5. The van der Waals surface area contributed by atoms with Crippen LogP contribution >= 0.6 is 0 Å². The molecular weight excluding hydrogens is 354 g/mol. The van der Waals surface area contributed by atoms with Gasteiger partial charge in [0.25, 0.3) is 0 Å². The largest absolute Gasteiger partial charge is 0.463 e. The van der Waals surface area contributed by atoms with Crippen LogP contribution in [0.15, 0.2) is 53.5 Å². The van der Waals surface area contributed by atoms with Gasteiger partial charge >= 0.3 is 0 Å². The summed E-state index contributed by atoms with van der Waals surface area (Å²) in [6, 6.07) is 9.84. The van der Waals surface area contributed by atoms with E-state index in [0.29, 0.717) is 17.4 Å². The average Bonchev–Trinajstić information content (AvgIpc) is 3.40. The van der Waals surface area contributed by atoms with Gasteiger partial charge in [0.1, 0.15) is 12.0 Å². The predicted octanol–water partition coefficient (Wildman–Crippen LogP) is 3.78. The molecule has 0 spiro atoms. The smallest absolute Gasteiger partial charge is 0.232 e. The molecule has 28 heavy (non-hydrogen) atoms. The van der Waals surface area contributed by atoms with Crippen molar-refractivity contribution in [2.75, 3.05) is 4.90 Å². The molecule has 4 aromatic rings. The van der Waals surface area contributed by atoms with E-state index in [4.69, 9.17) is 4.42 Å². The fraction of sp³-hybridized carbons (Fsp3) is 0.190. The predicted molar refractivity (Wildman–Crippen MR) is 105 cm³/mol. The van der Waals surface area contributed by atoms with Crippen LogP contribution in [0.1, 0.15) is 18.5 Å². The number of carbonyl (C=O) groups is 1. The topological polar surface area (TPSA) is 85.0 Å². The Balaban J connectivity index is 1.68. The Kier molecular flexibility index (Phi) is 3.86. The number of amides is 1. The van der Waals surface area contributed by atoms with Crippen molar-refractivity contribution in [2.24, 2.45) is 0 Å². The van der Waals surface area contributed by atoms with Gasteiger partial charge in [-0.1, -0.05) is 6.07 Å². The number of furan rings is 1. The minimum absolute atomic E-state index is 0.188. The lowest BCUT2D eigenvalue weighted by Crippen LogP contribution is -2.25. The van der Waals surface area contributed by atoms with Crippen molar-refractivity contribution in [1.29, 1.82) is 0 Å². The van der Waals surface area contributed by atoms with Crippen LogP contribution in [-0.4, -0.2) is 32.4 Å². The minimum Gasteiger partial charge on any atom is -0.463 e. The third kappa shape index (κ3) is 2.81. The second-order valence-electron chi connectivity index (χ2n) is 6.84. The molecule has 138 valence electrons. The van der Waals surface area contributed by atoms with E-state index in [2.05, 4.69) is 19.9 Å². The van der Waals surface area contributed by atoms with E-state index in [9.17, 15) is 4.79 Å². The summed E-state index contributed by atoms with van der Waals surface area (Å²) in [6.07, 6.45) is 7.68. The lowest BCUT2D eigenvalue weighted by atomic mass is 10.0. The quantitative estimate of drug-likeness (QED) is 0.496. The van der Waals surface area contributed by atoms with E-state index in [1.54, 1.807) is 23.7 Å². The molecule has 0 atom stereocenters. The minimum atomic E-state index is 0.188. The molecule has 7 nitrogen and oxygen atoms in total. The van der Waals surface area contributed by atoms with Crippen molar-refractivity contribution in [3.05, 3.63) is 54.8 Å². The lowest BCUT2D eigenvalue weighted by molar-refractivity contribution is -0.107. The second kappa shape index (κ2) is 6.53. The van der Waals surface area contributed by atoms with Crippen LogP contribution in [-0.2, 0) is 4.79 Å². The van der Waals surface area contributed by atoms with Gasteiger partial charge in [-0.25, -0.2) is 19.9 Å². The molecule has 0 bridgehead atoms. The molecule has 1 saturated carbocycles. The zero-order chi connectivity index (χ0) is 19.1. The SMILES string of the molecule is Cc1ncnc2ccc(-c3cnc(N(C=O)C4CC4)nc3-c3ccco3)cc12. The first-order valence-corrected chi connectivity index (χ1v) is 9.11. The third-order valence-corrected chi connectivity index (χ3v) is 4.96. The van der Waals surface area contributed by atoms with Crippen LogP contribution in [0.2, 0.25) is 0 Å². The highest BCUT2D eigenvalue weighted by Gasteiger charge is 2.31. The first-order valence-electron chi connectivity index (χ1n) is 9.11. The monoisotopic (exact) mass is 371 g/mol. The number of rotatable bonds is 5. The van der Waals surface area contributed by atoms with Crippen LogP contribution in [0.4, 0.5) is 5.95 Å². The number of anilines is 1. The molecule has 0 saturated heterocycles. The summed E-state index contributed by atoms with van der Waals surface area (Å²) in [5.74, 6) is 1.02. The zero-order valence-electron chi connectivity index (χ0n) is 15.2. The number of aryl methyl sites for hydroxylation is 1. The molecule has 3 aromatic heterocycles. The van der Waals surface area contributed by atoms with Gasteiger partial charge in [-0.05, 0) is 49.6 Å². The van der Waals surface area contributed by atoms with Gasteiger partial charge in [0, 0.05) is 28.9 Å². The Bertz CT molecular complexity index is 1170. The number of aromatic nitrogens is 4. The van der Waals surface area contributed by atoms with Crippen LogP contribution in [0.25, 0.3) is 33.5 Å². The summed E-state index contributed by atoms with van der Waals surface area (Å²) < 4.78 is 5.62. The first-order chi connectivity index (χ1) is 13.7. The lowest BCUT2D eigenvalue weighted by Gasteiger charge is -2.16. The summed E-state index contributed by atoms with van der Waals surface area (Å²) in [6.45, 7) is 1.96. The Labute approximate surface area is 161 Å². The van der Waals surface area contributed by atoms with E-state index in [1.807, 2.05) is 37.3 Å². The molecular formula is C21H17N5O2. The normalized spacial score (nSPS) is 13.6. The number of hydrogen-bond acceptors (Lipinski definition) is 6. The Morgan fingerprint density at radius 3 is 2.82 bits per heavy atom. The highest BCUT2D eigenvalue weighted by molar-refractivity contribution is 5.89. The van der Waals surface area contributed by atoms with Gasteiger partial charge in [0.15, 0.2) is 5.76 Å². The molecule has 1 aliphatic rings. The molecule has 0 unspecified atom stereocenters. The Morgan fingerprint density at radius 2 is 2.07 bits per heavy atom. The van der Waals surface area contributed by atoms with Crippen molar-refractivity contribution in [3.8, 4) is 22.6 Å². The fourth-order valence-corrected chi connectivity index (χ4v) is 3.31. The molecule has 3 heterocycles. The van der Waals surface area contributed by atoms with Crippen molar-refractivity contribution in [2.45, 2.75) is 25.8 Å². The van der Waals surface area contributed by atoms with E-state index in [1.165, 1.54) is 0 Å². The molecule has 0 aliphatic heterocycles. The number of nitrogens with zero attached hydrogens (tertiary/aromatic N) is 5. The van der Waals surface area contributed by atoms with Crippen molar-refractivity contribution in [3.63, 3.8) is 0 Å². The highest BCUT2D eigenvalue weighted by Crippen LogP contribution is 2.35. The number of carbonyl (C=O) groups excluding carboxylic acids is 1. The summed E-state index contributed by atoms with van der Waals surface area (Å²) in [4.78, 5) is 30.9. The van der Waals surface area contributed by atoms with Gasteiger partial charge in [-0.3, -0.25) is 9.69 Å². The maximum atomic E-state index is 11.5. The molecule has 1 amide bonds. The van der Waals surface area contributed by atoms with Gasteiger partial charge in [0.2, 0.25) is 12.4 Å². The van der Waals surface area contributed by atoms with Crippen molar-refractivity contribution in [1.82, 2.24) is 19.9 Å². The first kappa shape index (κ1) is 16.6. The molecule has 1 aliphatic carbocycles. The summed E-state index contributed by atoms with van der Waals surface area (Å²) >= 11 is 0. The fourth-order valence-electron chi connectivity index (χ4n) is 3.31. The van der Waals surface area contributed by atoms with Gasteiger partial charge in [0.05, 0.1) is 11.8 Å². The summed E-state index contributed by atoms with van der Waals surface area (Å²) in [5, 5.41) is 0.974. The molecule has 1 fully saturated rings. The van der Waals surface area contributed by atoms with E-state index >= 15 is 0 Å². The third-order valence-electron chi connectivity index (χ3n) is 4.96. The second-order valence-corrected chi connectivity index (χ2v) is 6.84. The zero-order valence-corrected chi connectivity index (χ0v) is 15.2. The summed E-state index contributed by atoms with van der Waals surface area (Å²) in [5.41, 5.74) is 4.20. The van der Waals surface area contributed by atoms with Crippen molar-refractivity contribution >= 4 is 23.3 Å². The maximum Gasteiger partial charge on any atom is 0.232 e. The van der Waals surface area contributed by atoms with Crippen LogP contribution in [0, 0.1) is 6.92 Å². The number of fused-ring (bicyclic) bond motifs is 1. The van der Waals surface area contributed by atoms with E-state index < -0.39 is 0 Å². The van der Waals surface area contributed by atoms with E-state index in [0.717, 1.165) is 47.0 Å². The van der Waals surface area contributed by atoms with Crippen LogP contribution in [0.3, 0.4) is 0 Å². The molecule has 0 N–H and O–H groups in total. The van der Waals surface area contributed by atoms with Crippen LogP contribution < -0.4 is 4.90 Å². The van der Waals surface area contributed by atoms with E-state index in [-0.39, 0.29) is 6.04 Å². The Hall–Kier alpha value is -3.61. The molecule has 1 aromatic carbocycles. The molecule has 7 heteroatoms.